The van der Waals surface area contributed by atoms with E-state index in [1.165, 1.54) is 4.57 Å². The van der Waals surface area contributed by atoms with E-state index in [0.29, 0.717) is 5.69 Å². The molecule has 0 atom stereocenters. The highest BCUT2D eigenvalue weighted by atomic mass is 16.1. The maximum atomic E-state index is 11.7. The lowest BCUT2D eigenvalue weighted by molar-refractivity contribution is 0.845. The second kappa shape index (κ2) is 4.06. The number of hydrogen-bond acceptors (Lipinski definition) is 4. The summed E-state index contributed by atoms with van der Waals surface area (Å²) in [6.07, 6.45) is 3.17. The van der Waals surface area contributed by atoms with Gasteiger partial charge in [-0.3, -0.25) is 4.79 Å². The first kappa shape index (κ1) is 10.2. The molecule has 1 heterocycles. The number of nitrogens with one attached hydrogen (secondary N) is 1. The van der Waals surface area contributed by atoms with Gasteiger partial charge < -0.3 is 15.6 Å². The highest BCUT2D eigenvalue weighted by Crippen LogP contribution is 2.14. The monoisotopic (exact) mass is 216 g/mol. The predicted molar refractivity (Wildman–Crippen MR) is 63.6 cm³/mol. The summed E-state index contributed by atoms with van der Waals surface area (Å²) in [7, 11) is 1.68. The van der Waals surface area contributed by atoms with Crippen molar-refractivity contribution >= 4 is 17.2 Å². The number of hydrogen-bond donors (Lipinski definition) is 2. The molecule has 0 aliphatic heterocycles. The first-order chi connectivity index (χ1) is 7.66. The van der Waals surface area contributed by atoms with Gasteiger partial charge in [-0.15, -0.1) is 0 Å². The molecule has 5 heteroatoms. The fourth-order valence-corrected chi connectivity index (χ4v) is 1.34. The van der Waals surface area contributed by atoms with Crippen molar-refractivity contribution in [1.29, 1.82) is 0 Å². The van der Waals surface area contributed by atoms with Crippen molar-refractivity contribution in [2.24, 2.45) is 7.05 Å². The molecule has 0 aliphatic rings. The Morgan fingerprint density at radius 1 is 1.44 bits per heavy atom. The lowest BCUT2D eigenvalue weighted by Crippen LogP contribution is -2.20. The number of aryl methyl sites for hydroxylation is 1. The maximum Gasteiger partial charge on any atom is 0.293 e. The molecular weight excluding hydrogens is 204 g/mol. The molecule has 5 nitrogen and oxygen atoms in total. The molecule has 0 aliphatic carbocycles. The maximum absolute atomic E-state index is 11.7. The van der Waals surface area contributed by atoms with Crippen LogP contribution in [0.1, 0.15) is 0 Å². The summed E-state index contributed by atoms with van der Waals surface area (Å²) in [5.74, 6) is 0.288. The highest BCUT2D eigenvalue weighted by molar-refractivity contribution is 5.60. The molecule has 0 spiro atoms. The average Bonchev–Trinajstić information content (AvgIpc) is 2.25. The van der Waals surface area contributed by atoms with Crippen molar-refractivity contribution in [3.63, 3.8) is 0 Å². The van der Waals surface area contributed by atoms with Crippen LogP contribution in [0.4, 0.5) is 17.2 Å². The number of rotatable bonds is 2. The Balaban J connectivity index is 2.34. The topological polar surface area (TPSA) is 72.9 Å². The van der Waals surface area contributed by atoms with Gasteiger partial charge in [-0.05, 0) is 18.2 Å². The molecule has 0 amide bonds. The van der Waals surface area contributed by atoms with E-state index in [0.717, 1.165) is 5.69 Å². The third-order valence-corrected chi connectivity index (χ3v) is 2.17. The lowest BCUT2D eigenvalue weighted by atomic mass is 10.3. The zero-order chi connectivity index (χ0) is 11.5. The molecule has 1 aromatic carbocycles. The van der Waals surface area contributed by atoms with E-state index in [-0.39, 0.29) is 11.4 Å². The first-order valence-corrected chi connectivity index (χ1v) is 4.81. The molecule has 16 heavy (non-hydrogen) atoms. The van der Waals surface area contributed by atoms with Gasteiger partial charge in [0.25, 0.3) is 5.56 Å². The Kier molecular flexibility index (Phi) is 2.59. The number of nitrogens with zero attached hydrogens (tertiary/aromatic N) is 2. The summed E-state index contributed by atoms with van der Waals surface area (Å²) in [6.45, 7) is 0. The SMILES string of the molecule is Cn1ccnc(Nc2cccc(N)c2)c1=O. The van der Waals surface area contributed by atoms with Crippen molar-refractivity contribution in [3.05, 3.63) is 47.0 Å². The minimum Gasteiger partial charge on any atom is -0.399 e. The molecule has 82 valence electrons. The normalized spacial score (nSPS) is 10.1. The second-order valence-electron chi connectivity index (χ2n) is 3.44. The smallest absolute Gasteiger partial charge is 0.293 e. The van der Waals surface area contributed by atoms with E-state index in [9.17, 15) is 4.79 Å². The van der Waals surface area contributed by atoms with Crippen LogP contribution in [-0.4, -0.2) is 9.55 Å². The van der Waals surface area contributed by atoms with Crippen molar-refractivity contribution in [3.8, 4) is 0 Å². The van der Waals surface area contributed by atoms with Gasteiger partial charge in [0.15, 0.2) is 5.82 Å². The number of benzene rings is 1. The van der Waals surface area contributed by atoms with Crippen LogP contribution in [0.5, 0.6) is 0 Å². The summed E-state index contributed by atoms with van der Waals surface area (Å²) in [6, 6.07) is 7.16. The molecule has 0 saturated carbocycles. The van der Waals surface area contributed by atoms with Gasteiger partial charge in [-0.25, -0.2) is 4.98 Å². The molecule has 0 radical (unpaired) electrons. The Morgan fingerprint density at radius 2 is 2.25 bits per heavy atom. The largest absolute Gasteiger partial charge is 0.399 e. The van der Waals surface area contributed by atoms with Gasteiger partial charge in [-0.1, -0.05) is 6.07 Å². The summed E-state index contributed by atoms with van der Waals surface area (Å²) in [5.41, 5.74) is 6.84. The molecule has 0 unspecified atom stereocenters. The quantitative estimate of drug-likeness (QED) is 0.737. The number of anilines is 3. The van der Waals surface area contributed by atoms with Gasteiger partial charge in [0.2, 0.25) is 0 Å². The van der Waals surface area contributed by atoms with Crippen molar-refractivity contribution in [2.75, 3.05) is 11.1 Å². The predicted octanol–water partition coefficient (Wildman–Crippen LogP) is 1.11. The van der Waals surface area contributed by atoms with Crippen molar-refractivity contribution < 1.29 is 0 Å². The number of nitrogen functional groups attached to an aromatic ring is 1. The summed E-state index contributed by atoms with van der Waals surface area (Å²) in [5, 5.41) is 2.93. The minimum atomic E-state index is -0.176. The van der Waals surface area contributed by atoms with Crippen molar-refractivity contribution in [1.82, 2.24) is 9.55 Å². The summed E-state index contributed by atoms with van der Waals surface area (Å²) >= 11 is 0. The van der Waals surface area contributed by atoms with E-state index in [4.69, 9.17) is 5.73 Å². The van der Waals surface area contributed by atoms with Crippen LogP contribution in [0, 0.1) is 0 Å². The van der Waals surface area contributed by atoms with Crippen LogP contribution in [0.2, 0.25) is 0 Å². The Labute approximate surface area is 92.6 Å². The summed E-state index contributed by atoms with van der Waals surface area (Å²) < 4.78 is 1.46. The number of nitrogens with two attached hydrogens (primary N) is 1. The van der Waals surface area contributed by atoms with Crippen LogP contribution in [-0.2, 0) is 7.05 Å². The van der Waals surface area contributed by atoms with E-state index < -0.39 is 0 Å². The van der Waals surface area contributed by atoms with Crippen LogP contribution in [0.25, 0.3) is 0 Å². The molecule has 1 aromatic heterocycles. The van der Waals surface area contributed by atoms with E-state index in [1.54, 1.807) is 31.6 Å². The Morgan fingerprint density at radius 3 is 3.00 bits per heavy atom. The molecule has 3 N–H and O–H groups in total. The molecule has 0 fully saturated rings. The van der Waals surface area contributed by atoms with Gasteiger partial charge in [0.05, 0.1) is 0 Å². The molecule has 2 aromatic rings. The highest BCUT2D eigenvalue weighted by Gasteiger charge is 2.02. The third kappa shape index (κ3) is 2.03. The first-order valence-electron chi connectivity index (χ1n) is 4.81. The number of aromatic nitrogens is 2. The molecule has 0 bridgehead atoms. The van der Waals surface area contributed by atoms with Gasteiger partial charge in [0.1, 0.15) is 0 Å². The van der Waals surface area contributed by atoms with Crippen LogP contribution in [0.15, 0.2) is 41.5 Å². The van der Waals surface area contributed by atoms with E-state index >= 15 is 0 Å². The zero-order valence-corrected chi connectivity index (χ0v) is 8.84. The second-order valence-corrected chi connectivity index (χ2v) is 3.44. The Bertz CT molecular complexity index is 562. The minimum absolute atomic E-state index is 0.176. The summed E-state index contributed by atoms with van der Waals surface area (Å²) in [4.78, 5) is 15.6. The zero-order valence-electron chi connectivity index (χ0n) is 8.84. The molecule has 0 saturated heterocycles. The molecular formula is C11H12N4O. The van der Waals surface area contributed by atoms with Crippen LogP contribution >= 0.6 is 0 Å². The van der Waals surface area contributed by atoms with Crippen molar-refractivity contribution in [2.45, 2.75) is 0 Å². The van der Waals surface area contributed by atoms with Gasteiger partial charge in [-0.2, -0.15) is 0 Å². The molecule has 2 rings (SSSR count). The van der Waals surface area contributed by atoms with E-state index in [1.807, 2.05) is 12.1 Å². The Hall–Kier alpha value is -2.30. The van der Waals surface area contributed by atoms with Crippen LogP contribution < -0.4 is 16.6 Å². The third-order valence-electron chi connectivity index (χ3n) is 2.17. The van der Waals surface area contributed by atoms with Gasteiger partial charge in [0, 0.05) is 30.8 Å². The fraction of sp³-hybridized carbons (Fsp3) is 0.0909. The lowest BCUT2D eigenvalue weighted by Gasteiger charge is -2.06. The van der Waals surface area contributed by atoms with Gasteiger partial charge >= 0.3 is 0 Å². The average molecular weight is 216 g/mol. The fourth-order valence-electron chi connectivity index (χ4n) is 1.34. The standard InChI is InChI=1S/C11H12N4O/c1-15-6-5-13-10(11(15)16)14-9-4-2-3-8(12)7-9/h2-7H,12H2,1H3,(H,13,14). The van der Waals surface area contributed by atoms with Crippen LogP contribution in [0.3, 0.4) is 0 Å². The van der Waals surface area contributed by atoms with E-state index in [2.05, 4.69) is 10.3 Å².